The Labute approximate surface area is 221 Å². The molecule has 3 aliphatic carbocycles. The van der Waals surface area contributed by atoms with Gasteiger partial charge < -0.3 is 9.47 Å². The predicted molar refractivity (Wildman–Crippen MR) is 146 cm³/mol. The number of hydrogen-bond acceptors (Lipinski definition) is 6. The molecule has 4 aromatic rings. The average Bonchev–Trinajstić information content (AvgIpc) is 3.29. The Morgan fingerprint density at radius 3 is 1.76 bits per heavy atom. The Bertz CT molecular complexity index is 1740. The fourth-order valence-corrected chi connectivity index (χ4v) is 8.82. The lowest BCUT2D eigenvalue weighted by atomic mass is 9.68. The summed E-state index contributed by atoms with van der Waals surface area (Å²) in [6.07, 6.45) is 6.82. The Hall–Kier alpha value is -3.80. The number of carbonyl (C=O) groups excluding carboxylic acids is 2. The Kier molecular flexibility index (Phi) is 4.54. The van der Waals surface area contributed by atoms with Crippen LogP contribution in [-0.4, -0.2) is 36.1 Å². The van der Waals surface area contributed by atoms with Crippen molar-refractivity contribution in [3.05, 3.63) is 72.1 Å². The van der Waals surface area contributed by atoms with Crippen molar-refractivity contribution in [2.24, 2.45) is 10.8 Å². The van der Waals surface area contributed by atoms with Crippen LogP contribution >= 0.6 is 0 Å². The van der Waals surface area contributed by atoms with Gasteiger partial charge in [-0.05, 0) is 23.6 Å². The number of aromatic nitrogens is 2. The molecule has 0 aliphatic heterocycles. The molecule has 0 N–H and O–H groups in total. The zero-order chi connectivity index (χ0) is 26.5. The molecule has 0 spiro atoms. The van der Waals surface area contributed by atoms with Crippen molar-refractivity contribution in [1.82, 2.24) is 9.97 Å². The van der Waals surface area contributed by atoms with Gasteiger partial charge in [-0.3, -0.25) is 9.59 Å². The number of benzene rings is 3. The molecule has 38 heavy (non-hydrogen) atoms. The highest BCUT2D eigenvalue weighted by molar-refractivity contribution is 6.23. The van der Waals surface area contributed by atoms with E-state index in [0.29, 0.717) is 12.8 Å². The fourth-order valence-electron chi connectivity index (χ4n) is 8.82. The van der Waals surface area contributed by atoms with Crippen LogP contribution in [-0.2, 0) is 29.9 Å². The van der Waals surface area contributed by atoms with Gasteiger partial charge >= 0.3 is 11.9 Å². The Morgan fingerprint density at radius 2 is 1.24 bits per heavy atom. The van der Waals surface area contributed by atoms with Crippen LogP contribution in [0.3, 0.4) is 0 Å². The molecule has 4 unspecified atom stereocenters. The monoisotopic (exact) mass is 506 g/mol. The third-order valence-electron chi connectivity index (χ3n) is 9.77. The highest BCUT2D eigenvalue weighted by Crippen LogP contribution is 2.94. The molecule has 1 saturated carbocycles. The zero-order valence-electron chi connectivity index (χ0n) is 22.1. The average molecular weight is 507 g/mol. The highest BCUT2D eigenvalue weighted by Gasteiger charge is 3.04. The fraction of sp³-hybridized carbons (Fsp3) is 0.375. The number of hydrogen-bond donors (Lipinski definition) is 0. The molecule has 192 valence electrons. The third-order valence-corrected chi connectivity index (χ3v) is 9.77. The van der Waals surface area contributed by atoms with Gasteiger partial charge in [0.15, 0.2) is 0 Å². The standard InChI is InChI=1S/C32H30N2O4/c1-5-15-29-17-18-31(27(35)37-3)30(16-6-2,32(29,31)28(36)38-4)26-25(29)33-23-21-13-9-7-11-19(21)20-12-8-10-14-22(20)24(23)34-26/h7-14,17-18H,5-6,15-16H2,1-4H3. The number of nitrogens with zero attached hydrogens (tertiary/aromatic N) is 2. The zero-order valence-corrected chi connectivity index (χ0v) is 22.1. The Morgan fingerprint density at radius 1 is 0.711 bits per heavy atom. The first kappa shape index (κ1) is 23.3. The summed E-state index contributed by atoms with van der Waals surface area (Å²) in [5.41, 5.74) is -0.816. The summed E-state index contributed by atoms with van der Waals surface area (Å²) in [4.78, 5) is 38.7. The van der Waals surface area contributed by atoms with Gasteiger partial charge in [0.05, 0.1) is 47.5 Å². The van der Waals surface area contributed by atoms with Gasteiger partial charge in [0.25, 0.3) is 0 Å². The lowest BCUT2D eigenvalue weighted by Crippen LogP contribution is -2.43. The summed E-state index contributed by atoms with van der Waals surface area (Å²) in [6.45, 7) is 4.18. The van der Waals surface area contributed by atoms with E-state index in [2.05, 4.69) is 38.1 Å². The van der Waals surface area contributed by atoms with Crippen molar-refractivity contribution in [2.45, 2.75) is 50.4 Å². The van der Waals surface area contributed by atoms with E-state index in [1.165, 1.54) is 14.2 Å². The van der Waals surface area contributed by atoms with E-state index in [9.17, 15) is 9.59 Å². The molecular weight excluding hydrogens is 476 g/mol. The molecule has 7 rings (SSSR count). The first-order valence-corrected chi connectivity index (χ1v) is 13.5. The van der Waals surface area contributed by atoms with Gasteiger partial charge in [0.1, 0.15) is 10.8 Å². The van der Waals surface area contributed by atoms with Gasteiger partial charge in [0, 0.05) is 10.8 Å². The number of methoxy groups -OCH3 is 2. The van der Waals surface area contributed by atoms with Crippen LogP contribution in [0, 0.1) is 10.8 Å². The molecule has 0 bridgehead atoms. The molecule has 0 saturated heterocycles. The quantitative estimate of drug-likeness (QED) is 0.183. The summed E-state index contributed by atoms with van der Waals surface area (Å²) < 4.78 is 11.0. The summed E-state index contributed by atoms with van der Waals surface area (Å²) in [5, 5.41) is 4.27. The van der Waals surface area contributed by atoms with Crippen LogP contribution in [0.15, 0.2) is 60.7 Å². The van der Waals surface area contributed by atoms with Crippen molar-refractivity contribution in [1.29, 1.82) is 0 Å². The first-order chi connectivity index (χ1) is 18.5. The summed E-state index contributed by atoms with van der Waals surface area (Å²) in [7, 11) is 2.81. The van der Waals surface area contributed by atoms with Gasteiger partial charge in [-0.25, -0.2) is 9.97 Å². The summed E-state index contributed by atoms with van der Waals surface area (Å²) in [6, 6.07) is 16.5. The SMILES string of the molecule is CCCC12C=CC3(C(=O)OC)C(CCC)(c4nc5c6ccccc6c6ccccc6c5nc41)C23C(=O)OC. The van der Waals surface area contributed by atoms with Crippen molar-refractivity contribution in [2.75, 3.05) is 14.2 Å². The van der Waals surface area contributed by atoms with Crippen LogP contribution in [0.4, 0.5) is 0 Å². The molecule has 4 atom stereocenters. The van der Waals surface area contributed by atoms with E-state index in [4.69, 9.17) is 19.4 Å². The highest BCUT2D eigenvalue weighted by atomic mass is 16.5. The van der Waals surface area contributed by atoms with Crippen LogP contribution in [0.2, 0.25) is 0 Å². The van der Waals surface area contributed by atoms with Gasteiger partial charge in [-0.15, -0.1) is 0 Å². The molecule has 0 amide bonds. The molecule has 6 nitrogen and oxygen atoms in total. The number of carbonyl (C=O) groups is 2. The molecule has 1 fully saturated rings. The number of rotatable bonds is 6. The number of allylic oxidation sites excluding steroid dienone is 1. The molecule has 1 aromatic heterocycles. The second kappa shape index (κ2) is 7.40. The summed E-state index contributed by atoms with van der Waals surface area (Å²) in [5.74, 6) is -0.783. The lowest BCUT2D eigenvalue weighted by molar-refractivity contribution is -0.157. The van der Waals surface area contributed by atoms with Gasteiger partial charge in [-0.2, -0.15) is 0 Å². The van der Waals surface area contributed by atoms with E-state index >= 15 is 0 Å². The van der Waals surface area contributed by atoms with Crippen molar-refractivity contribution >= 4 is 44.5 Å². The maximum Gasteiger partial charge on any atom is 0.317 e. The lowest BCUT2D eigenvalue weighted by Gasteiger charge is -2.33. The van der Waals surface area contributed by atoms with Crippen LogP contribution in [0.25, 0.3) is 32.6 Å². The van der Waals surface area contributed by atoms with E-state index in [-0.39, 0.29) is 5.97 Å². The van der Waals surface area contributed by atoms with E-state index < -0.39 is 27.6 Å². The number of ether oxygens (including phenoxy) is 2. The van der Waals surface area contributed by atoms with Crippen molar-refractivity contribution in [3.8, 4) is 0 Å². The molecule has 3 aromatic carbocycles. The minimum absolute atomic E-state index is 0.381. The van der Waals surface area contributed by atoms with Crippen LogP contribution in [0.5, 0.6) is 0 Å². The minimum Gasteiger partial charge on any atom is -0.468 e. The van der Waals surface area contributed by atoms with E-state index in [1.54, 1.807) is 0 Å². The van der Waals surface area contributed by atoms with Crippen LogP contribution in [0.1, 0.15) is 50.9 Å². The molecular formula is C32H30N2O4. The molecule has 6 heteroatoms. The number of fused-ring (bicyclic) bond motifs is 10. The normalized spacial score (nSPS) is 30.0. The smallest absolute Gasteiger partial charge is 0.317 e. The summed E-state index contributed by atoms with van der Waals surface area (Å²) >= 11 is 0. The molecule has 3 aliphatic rings. The predicted octanol–water partition coefficient (Wildman–Crippen LogP) is 5.93. The van der Waals surface area contributed by atoms with Crippen molar-refractivity contribution in [3.63, 3.8) is 0 Å². The molecule has 1 heterocycles. The first-order valence-electron chi connectivity index (χ1n) is 13.5. The maximum absolute atomic E-state index is 14.1. The second-order valence-electron chi connectivity index (χ2n) is 11.0. The second-order valence-corrected chi connectivity index (χ2v) is 11.0. The largest absolute Gasteiger partial charge is 0.468 e. The molecule has 0 radical (unpaired) electrons. The minimum atomic E-state index is -1.16. The number of esters is 2. The van der Waals surface area contributed by atoms with E-state index in [1.807, 2.05) is 36.4 Å². The van der Waals surface area contributed by atoms with Crippen molar-refractivity contribution < 1.29 is 19.1 Å². The van der Waals surface area contributed by atoms with Gasteiger partial charge in [0.2, 0.25) is 0 Å². The Balaban J connectivity index is 1.70. The van der Waals surface area contributed by atoms with Gasteiger partial charge in [-0.1, -0.05) is 87.4 Å². The third kappa shape index (κ3) is 2.07. The topological polar surface area (TPSA) is 78.4 Å². The maximum atomic E-state index is 14.1. The van der Waals surface area contributed by atoms with E-state index in [0.717, 1.165) is 56.8 Å². The van der Waals surface area contributed by atoms with Crippen LogP contribution < -0.4 is 0 Å².